The highest BCUT2D eigenvalue weighted by Gasteiger charge is 2.61. The molecule has 1 atom stereocenters. The van der Waals surface area contributed by atoms with E-state index < -0.39 is 17.2 Å². The summed E-state index contributed by atoms with van der Waals surface area (Å²) < 4.78 is 26.8. The van der Waals surface area contributed by atoms with Gasteiger partial charge in [-0.2, -0.15) is 0 Å². The van der Waals surface area contributed by atoms with Crippen LogP contribution in [0.4, 0.5) is 8.78 Å². The molecular formula is C11H13F2N. The largest absolute Gasteiger partial charge is 0.321 e. The molecule has 0 heterocycles. The van der Waals surface area contributed by atoms with Crippen molar-refractivity contribution >= 4 is 0 Å². The van der Waals surface area contributed by atoms with E-state index >= 15 is 0 Å². The Hall–Kier alpha value is -0.960. The minimum absolute atomic E-state index is 0.0324. The zero-order valence-electron chi connectivity index (χ0n) is 8.27. The topological polar surface area (TPSA) is 26.0 Å². The first kappa shape index (κ1) is 9.59. The Morgan fingerprint density at radius 3 is 2.00 bits per heavy atom. The molecule has 0 amide bonds. The number of hydrogen-bond acceptors (Lipinski definition) is 1. The highest BCUT2D eigenvalue weighted by molar-refractivity contribution is 5.37. The van der Waals surface area contributed by atoms with Crippen LogP contribution in [0.25, 0.3) is 0 Å². The van der Waals surface area contributed by atoms with Crippen LogP contribution in [-0.2, 0) is 5.54 Å². The molecule has 0 saturated heterocycles. The highest BCUT2D eigenvalue weighted by Crippen LogP contribution is 2.61. The van der Waals surface area contributed by atoms with Crippen molar-refractivity contribution in [2.24, 2.45) is 11.1 Å². The molecule has 1 aliphatic rings. The summed E-state index contributed by atoms with van der Waals surface area (Å²) in [6, 6.07) is 3.86. The fourth-order valence-corrected chi connectivity index (χ4v) is 2.00. The number of nitrogens with two attached hydrogens (primary N) is 1. The summed E-state index contributed by atoms with van der Waals surface area (Å²) >= 11 is 0. The summed E-state index contributed by atoms with van der Waals surface area (Å²) in [6.07, 6.45) is 0.623. The van der Waals surface area contributed by atoms with Crippen LogP contribution in [0, 0.1) is 17.0 Å². The molecule has 2 N–H and O–H groups in total. The summed E-state index contributed by atoms with van der Waals surface area (Å²) in [6.45, 7) is 3.83. The first-order chi connectivity index (χ1) is 6.38. The summed E-state index contributed by atoms with van der Waals surface area (Å²) in [5.74, 6) is -1.09. The number of hydrogen-bond donors (Lipinski definition) is 1. The fourth-order valence-electron chi connectivity index (χ4n) is 2.00. The summed E-state index contributed by atoms with van der Waals surface area (Å²) in [5, 5.41) is 0. The molecule has 1 fully saturated rings. The lowest BCUT2D eigenvalue weighted by atomic mass is 9.96. The molecule has 2 rings (SSSR count). The van der Waals surface area contributed by atoms with E-state index in [0.717, 1.165) is 0 Å². The van der Waals surface area contributed by atoms with E-state index in [2.05, 4.69) is 0 Å². The summed E-state index contributed by atoms with van der Waals surface area (Å²) in [5.41, 5.74) is 4.96. The van der Waals surface area contributed by atoms with Crippen molar-refractivity contribution in [1.82, 2.24) is 0 Å². The van der Waals surface area contributed by atoms with Gasteiger partial charge in [0.1, 0.15) is 11.6 Å². The van der Waals surface area contributed by atoms with Crippen molar-refractivity contribution in [2.75, 3.05) is 0 Å². The molecule has 1 aromatic rings. The second kappa shape index (κ2) is 2.54. The van der Waals surface area contributed by atoms with E-state index in [9.17, 15) is 8.78 Å². The summed E-state index contributed by atoms with van der Waals surface area (Å²) in [4.78, 5) is 0. The molecule has 0 aliphatic heterocycles. The first-order valence-corrected chi connectivity index (χ1v) is 4.62. The van der Waals surface area contributed by atoms with Gasteiger partial charge in [-0.1, -0.05) is 19.9 Å². The maximum Gasteiger partial charge on any atom is 0.131 e. The molecule has 14 heavy (non-hydrogen) atoms. The molecule has 0 bridgehead atoms. The van der Waals surface area contributed by atoms with Crippen LogP contribution in [-0.4, -0.2) is 0 Å². The summed E-state index contributed by atoms with van der Waals surface area (Å²) in [7, 11) is 0. The quantitative estimate of drug-likeness (QED) is 0.735. The Balaban J connectivity index is 2.54. The van der Waals surface area contributed by atoms with Gasteiger partial charge in [0.2, 0.25) is 0 Å². The minimum atomic E-state index is -0.831. The van der Waals surface area contributed by atoms with Crippen molar-refractivity contribution in [2.45, 2.75) is 25.8 Å². The van der Waals surface area contributed by atoms with Crippen molar-refractivity contribution in [3.8, 4) is 0 Å². The molecular weight excluding hydrogens is 184 g/mol. The van der Waals surface area contributed by atoms with Gasteiger partial charge in [-0.25, -0.2) is 8.78 Å². The van der Waals surface area contributed by atoms with Gasteiger partial charge in [0, 0.05) is 5.56 Å². The van der Waals surface area contributed by atoms with E-state index in [1.165, 1.54) is 18.2 Å². The van der Waals surface area contributed by atoms with Crippen molar-refractivity contribution in [3.63, 3.8) is 0 Å². The van der Waals surface area contributed by atoms with Crippen LogP contribution in [0.2, 0.25) is 0 Å². The van der Waals surface area contributed by atoms with Crippen LogP contribution in [0.1, 0.15) is 25.8 Å². The van der Waals surface area contributed by atoms with E-state index in [1.807, 2.05) is 13.8 Å². The predicted octanol–water partition coefficient (Wildman–Crippen LogP) is 2.55. The third kappa shape index (κ3) is 1.08. The average molecular weight is 197 g/mol. The maximum atomic E-state index is 13.4. The van der Waals surface area contributed by atoms with Crippen LogP contribution < -0.4 is 5.73 Å². The van der Waals surface area contributed by atoms with Gasteiger partial charge >= 0.3 is 0 Å². The van der Waals surface area contributed by atoms with Crippen LogP contribution in [0.5, 0.6) is 0 Å². The number of rotatable bonds is 1. The van der Waals surface area contributed by atoms with Crippen molar-refractivity contribution in [1.29, 1.82) is 0 Å². The molecule has 76 valence electrons. The third-order valence-corrected chi connectivity index (χ3v) is 3.21. The first-order valence-electron chi connectivity index (χ1n) is 4.62. The molecule has 0 aromatic heterocycles. The van der Waals surface area contributed by atoms with Crippen molar-refractivity contribution < 1.29 is 8.78 Å². The second-order valence-corrected chi connectivity index (χ2v) is 4.63. The maximum absolute atomic E-state index is 13.4. The standard InChI is InChI=1S/C11H13F2N/c1-10(2)6-11(10,14)9-7(12)4-3-5-8(9)13/h3-5H,6,14H2,1-2H3. The van der Waals surface area contributed by atoms with E-state index in [-0.39, 0.29) is 11.0 Å². The van der Waals surface area contributed by atoms with E-state index in [1.54, 1.807) is 0 Å². The van der Waals surface area contributed by atoms with E-state index in [0.29, 0.717) is 6.42 Å². The molecule has 1 nitrogen and oxygen atoms in total. The molecule has 0 spiro atoms. The lowest BCUT2D eigenvalue weighted by molar-refractivity contribution is 0.453. The van der Waals surface area contributed by atoms with Crippen LogP contribution >= 0.6 is 0 Å². The number of benzene rings is 1. The second-order valence-electron chi connectivity index (χ2n) is 4.63. The van der Waals surface area contributed by atoms with Gasteiger partial charge in [-0.3, -0.25) is 0 Å². The lowest BCUT2D eigenvalue weighted by Gasteiger charge is -2.16. The fraction of sp³-hybridized carbons (Fsp3) is 0.455. The SMILES string of the molecule is CC1(C)CC1(N)c1c(F)cccc1F. The Bertz CT molecular complexity index is 367. The zero-order valence-corrected chi connectivity index (χ0v) is 8.27. The average Bonchev–Trinajstić information content (AvgIpc) is 2.50. The van der Waals surface area contributed by atoms with Gasteiger partial charge in [0.15, 0.2) is 0 Å². The normalized spacial score (nSPS) is 28.9. The zero-order chi connectivity index (χ0) is 10.6. The molecule has 1 unspecified atom stereocenters. The minimum Gasteiger partial charge on any atom is -0.321 e. The monoisotopic (exact) mass is 197 g/mol. The lowest BCUT2D eigenvalue weighted by Crippen LogP contribution is -2.28. The van der Waals surface area contributed by atoms with E-state index in [4.69, 9.17) is 5.73 Å². The van der Waals surface area contributed by atoms with Crippen LogP contribution in [0.3, 0.4) is 0 Å². The van der Waals surface area contributed by atoms with Gasteiger partial charge in [0.25, 0.3) is 0 Å². The molecule has 1 aliphatic carbocycles. The molecule has 0 radical (unpaired) electrons. The Kier molecular flexibility index (Phi) is 1.74. The Morgan fingerprint density at radius 2 is 1.64 bits per heavy atom. The van der Waals surface area contributed by atoms with Gasteiger partial charge in [-0.15, -0.1) is 0 Å². The smallest absolute Gasteiger partial charge is 0.131 e. The molecule has 1 saturated carbocycles. The third-order valence-electron chi connectivity index (χ3n) is 3.21. The van der Waals surface area contributed by atoms with Crippen molar-refractivity contribution in [3.05, 3.63) is 35.4 Å². The predicted molar refractivity (Wildman–Crippen MR) is 50.6 cm³/mol. The van der Waals surface area contributed by atoms with Gasteiger partial charge in [0.05, 0.1) is 5.54 Å². The molecule has 3 heteroatoms. The molecule has 1 aromatic carbocycles. The Labute approximate surface area is 81.9 Å². The van der Waals surface area contributed by atoms with Gasteiger partial charge in [-0.05, 0) is 24.0 Å². The number of halogens is 2. The van der Waals surface area contributed by atoms with Gasteiger partial charge < -0.3 is 5.73 Å². The van der Waals surface area contributed by atoms with Crippen LogP contribution in [0.15, 0.2) is 18.2 Å². The highest BCUT2D eigenvalue weighted by atomic mass is 19.1. The Morgan fingerprint density at radius 1 is 1.21 bits per heavy atom.